The summed E-state index contributed by atoms with van der Waals surface area (Å²) < 4.78 is 32.3. The monoisotopic (exact) mass is 487 g/mol. The lowest BCUT2D eigenvalue weighted by Crippen LogP contribution is -2.57. The molecule has 1 fully saturated rings. The van der Waals surface area contributed by atoms with E-state index >= 15 is 0 Å². The Hall–Kier alpha value is -3.40. The summed E-state index contributed by atoms with van der Waals surface area (Å²) in [6.07, 6.45) is 0. The van der Waals surface area contributed by atoms with Gasteiger partial charge in [0.2, 0.25) is 21.1 Å². The molecule has 0 aliphatic carbocycles. The van der Waals surface area contributed by atoms with Crippen LogP contribution < -0.4 is 10.1 Å². The molecule has 0 unspecified atom stereocenters. The average Bonchev–Trinajstić information content (AvgIpc) is 2.83. The lowest BCUT2D eigenvalue weighted by atomic mass is 10.2. The molecule has 182 valence electrons. The summed E-state index contributed by atoms with van der Waals surface area (Å²) in [5.74, 6) is -0.968. The fraction of sp³-hybridized carbons (Fsp3) is 0.375. The number of ether oxygens (including phenoxy) is 1. The number of piperazine rings is 1. The maximum atomic E-state index is 13.5. The molecule has 2 aromatic carbocycles. The van der Waals surface area contributed by atoms with Crippen LogP contribution >= 0.6 is 0 Å². The number of carbonyl (C=O) groups is 3. The molecule has 0 bridgehead atoms. The quantitative estimate of drug-likeness (QED) is 0.635. The largest absolute Gasteiger partial charge is 0.494 e. The molecule has 3 rings (SSSR count). The van der Waals surface area contributed by atoms with Crippen LogP contribution in [0, 0.1) is 6.92 Å². The number of amides is 3. The molecule has 2 aromatic rings. The van der Waals surface area contributed by atoms with E-state index in [0.717, 1.165) is 5.56 Å². The van der Waals surface area contributed by atoms with E-state index in [4.69, 9.17) is 4.74 Å². The molecule has 1 aliphatic rings. The highest BCUT2D eigenvalue weighted by Crippen LogP contribution is 2.19. The third-order valence-corrected chi connectivity index (χ3v) is 7.48. The minimum atomic E-state index is -4.24. The predicted molar refractivity (Wildman–Crippen MR) is 126 cm³/mol. The molecule has 10 heteroatoms. The van der Waals surface area contributed by atoms with Crippen molar-refractivity contribution >= 4 is 27.6 Å². The number of hydrogen-bond acceptors (Lipinski definition) is 6. The molecule has 1 atom stereocenters. The summed E-state index contributed by atoms with van der Waals surface area (Å²) in [6.45, 7) is 6.52. The average molecular weight is 488 g/mol. The van der Waals surface area contributed by atoms with Gasteiger partial charge in [0.25, 0.3) is 11.8 Å². The van der Waals surface area contributed by atoms with E-state index in [2.05, 4.69) is 5.32 Å². The van der Waals surface area contributed by atoms with Crippen molar-refractivity contribution in [1.29, 1.82) is 0 Å². The Labute approximate surface area is 199 Å². The minimum absolute atomic E-state index is 0.0641. The normalized spacial score (nSPS) is 14.9. The number of carbonyl (C=O) groups excluding carboxylic acids is 3. The Morgan fingerprint density at radius 2 is 1.50 bits per heavy atom. The van der Waals surface area contributed by atoms with E-state index in [0.29, 0.717) is 25.4 Å². The molecule has 0 spiro atoms. The van der Waals surface area contributed by atoms with Crippen LogP contribution in [-0.4, -0.2) is 74.1 Å². The second-order valence-corrected chi connectivity index (χ2v) is 10.0. The van der Waals surface area contributed by atoms with Crippen molar-refractivity contribution < 1.29 is 27.5 Å². The Morgan fingerprint density at radius 1 is 0.941 bits per heavy atom. The van der Waals surface area contributed by atoms with Crippen molar-refractivity contribution in [2.75, 3.05) is 32.8 Å². The fourth-order valence-electron chi connectivity index (χ4n) is 3.62. The smallest absolute Gasteiger partial charge is 0.261 e. The van der Waals surface area contributed by atoms with Gasteiger partial charge in [-0.3, -0.25) is 14.4 Å². The third-order valence-electron chi connectivity index (χ3n) is 5.61. The van der Waals surface area contributed by atoms with Gasteiger partial charge in [-0.1, -0.05) is 17.7 Å². The van der Waals surface area contributed by atoms with Crippen molar-refractivity contribution in [1.82, 2.24) is 15.1 Å². The van der Waals surface area contributed by atoms with Gasteiger partial charge in [-0.25, -0.2) is 8.42 Å². The van der Waals surface area contributed by atoms with Crippen molar-refractivity contribution in [2.24, 2.45) is 0 Å². The Balaban J connectivity index is 1.88. The summed E-state index contributed by atoms with van der Waals surface area (Å²) in [7, 11) is -4.24. The molecule has 3 amide bonds. The first-order valence-corrected chi connectivity index (χ1v) is 12.6. The highest BCUT2D eigenvalue weighted by Gasteiger charge is 2.39. The highest BCUT2D eigenvalue weighted by molar-refractivity contribution is 7.92. The summed E-state index contributed by atoms with van der Waals surface area (Å²) >= 11 is 0. The number of nitrogens with zero attached hydrogens (tertiary/aromatic N) is 2. The van der Waals surface area contributed by atoms with Gasteiger partial charge in [0.15, 0.2) is 0 Å². The summed E-state index contributed by atoms with van der Waals surface area (Å²) in [6, 6.07) is 12.3. The first-order chi connectivity index (χ1) is 16.1. The van der Waals surface area contributed by atoms with E-state index in [1.807, 2.05) is 13.8 Å². The minimum Gasteiger partial charge on any atom is -0.494 e. The zero-order chi connectivity index (χ0) is 24.9. The number of aryl methyl sites for hydroxylation is 1. The number of sulfone groups is 1. The molecule has 9 nitrogen and oxygen atoms in total. The number of hydrogen-bond donors (Lipinski definition) is 1. The van der Waals surface area contributed by atoms with Crippen molar-refractivity contribution in [2.45, 2.75) is 31.0 Å². The van der Waals surface area contributed by atoms with Gasteiger partial charge < -0.3 is 19.9 Å². The van der Waals surface area contributed by atoms with E-state index in [1.165, 1.54) is 36.1 Å². The van der Waals surface area contributed by atoms with E-state index in [9.17, 15) is 22.8 Å². The first-order valence-electron chi connectivity index (χ1n) is 11.0. The molecule has 1 aliphatic heterocycles. The van der Waals surface area contributed by atoms with Crippen LogP contribution in [0.1, 0.15) is 29.8 Å². The summed E-state index contributed by atoms with van der Waals surface area (Å²) in [4.78, 5) is 40.8. The SMILES string of the molecule is CCOc1ccc(C(=O)N[C@@H](C(=O)N2CCN(C(C)=O)CC2)S(=O)(=O)c2ccc(C)cc2)cc1. The maximum Gasteiger partial charge on any atom is 0.261 e. The molecule has 0 saturated carbocycles. The van der Waals surface area contributed by atoms with E-state index in [1.54, 1.807) is 29.2 Å². The molecular weight excluding hydrogens is 458 g/mol. The second kappa shape index (κ2) is 10.7. The number of benzene rings is 2. The topological polar surface area (TPSA) is 113 Å². The lowest BCUT2D eigenvalue weighted by Gasteiger charge is -2.36. The van der Waals surface area contributed by atoms with Crippen LogP contribution in [0.3, 0.4) is 0 Å². The van der Waals surface area contributed by atoms with Gasteiger partial charge in [-0.15, -0.1) is 0 Å². The summed E-state index contributed by atoms with van der Waals surface area (Å²) in [5.41, 5.74) is 1.06. The first kappa shape index (κ1) is 25.2. The number of rotatable bonds is 7. The highest BCUT2D eigenvalue weighted by atomic mass is 32.2. The van der Waals surface area contributed by atoms with E-state index in [-0.39, 0.29) is 29.5 Å². The predicted octanol–water partition coefficient (Wildman–Crippen LogP) is 1.61. The standard InChI is InChI=1S/C24H29N3O6S/c1-4-33-20-9-7-19(8-10-20)22(29)25-23(34(31,32)21-11-5-17(2)6-12-21)24(30)27-15-13-26(14-16-27)18(3)28/h5-12,23H,4,13-16H2,1-3H3,(H,25,29)/t23-/m1/s1. The molecule has 1 heterocycles. The molecule has 1 saturated heterocycles. The van der Waals surface area contributed by atoms with Gasteiger partial charge in [-0.2, -0.15) is 0 Å². The number of nitrogens with one attached hydrogen (secondary N) is 1. The van der Waals surface area contributed by atoms with Crippen LogP contribution in [0.25, 0.3) is 0 Å². The fourth-order valence-corrected chi connectivity index (χ4v) is 5.08. The molecular formula is C24H29N3O6S. The van der Waals surface area contributed by atoms with Gasteiger partial charge in [0, 0.05) is 38.7 Å². The molecule has 0 radical (unpaired) electrons. The third kappa shape index (κ3) is 5.74. The molecule has 0 aromatic heterocycles. The zero-order valence-electron chi connectivity index (χ0n) is 19.5. The Bertz CT molecular complexity index is 1140. The van der Waals surface area contributed by atoms with Crippen LogP contribution in [0.15, 0.2) is 53.4 Å². The zero-order valence-corrected chi connectivity index (χ0v) is 20.3. The maximum absolute atomic E-state index is 13.5. The van der Waals surface area contributed by atoms with E-state index < -0.39 is 27.0 Å². The van der Waals surface area contributed by atoms with Crippen LogP contribution in [0.2, 0.25) is 0 Å². The van der Waals surface area contributed by atoms with Crippen LogP contribution in [0.4, 0.5) is 0 Å². The van der Waals surface area contributed by atoms with Crippen LogP contribution in [0.5, 0.6) is 5.75 Å². The van der Waals surface area contributed by atoms with Gasteiger partial charge in [-0.05, 0) is 50.2 Å². The lowest BCUT2D eigenvalue weighted by molar-refractivity contribution is -0.138. The van der Waals surface area contributed by atoms with Gasteiger partial charge in [0.05, 0.1) is 11.5 Å². The molecule has 1 N–H and O–H groups in total. The van der Waals surface area contributed by atoms with Gasteiger partial charge in [0.1, 0.15) is 5.75 Å². The second-order valence-electron chi connectivity index (χ2n) is 8.00. The van der Waals surface area contributed by atoms with Crippen molar-refractivity contribution in [3.63, 3.8) is 0 Å². The Morgan fingerprint density at radius 3 is 2.03 bits per heavy atom. The van der Waals surface area contributed by atoms with Crippen LogP contribution in [-0.2, 0) is 19.4 Å². The van der Waals surface area contributed by atoms with Crippen molar-refractivity contribution in [3.05, 3.63) is 59.7 Å². The summed E-state index contributed by atoms with van der Waals surface area (Å²) in [5, 5.41) is 0.622. The Kier molecular flexibility index (Phi) is 7.93. The van der Waals surface area contributed by atoms with Gasteiger partial charge >= 0.3 is 0 Å². The molecule has 34 heavy (non-hydrogen) atoms. The van der Waals surface area contributed by atoms with Crippen molar-refractivity contribution in [3.8, 4) is 5.75 Å².